The number of hydrogen-bond donors (Lipinski definition) is 1. The first-order valence-electron chi connectivity index (χ1n) is 7.48. The van der Waals surface area contributed by atoms with Crippen LogP contribution in [0.3, 0.4) is 0 Å². The van der Waals surface area contributed by atoms with Gasteiger partial charge in [-0.25, -0.2) is 0 Å². The number of nitrogens with one attached hydrogen (secondary N) is 1. The minimum absolute atomic E-state index is 0.392. The number of fused-ring (bicyclic) bond motifs is 1. The predicted molar refractivity (Wildman–Crippen MR) is 79.1 cm³/mol. The molecule has 1 aromatic rings. The van der Waals surface area contributed by atoms with Crippen molar-refractivity contribution in [2.24, 2.45) is 5.41 Å². The summed E-state index contributed by atoms with van der Waals surface area (Å²) >= 11 is 0. The Bertz CT molecular complexity index is 397. The number of benzene rings is 1. The van der Waals surface area contributed by atoms with Crippen LogP contribution in [0, 0.1) is 5.41 Å². The Hall–Kier alpha value is -0.820. The Morgan fingerprint density at radius 1 is 1.17 bits per heavy atom. The van der Waals surface area contributed by atoms with Gasteiger partial charge >= 0.3 is 0 Å². The predicted octanol–water partition coefficient (Wildman–Crippen LogP) is 3.74. The van der Waals surface area contributed by atoms with E-state index in [0.29, 0.717) is 5.41 Å². The molecule has 0 radical (unpaired) electrons. The van der Waals surface area contributed by atoms with Crippen molar-refractivity contribution in [1.29, 1.82) is 0 Å². The summed E-state index contributed by atoms with van der Waals surface area (Å²) in [5, 5.41) is 3.51. The molecule has 0 amide bonds. The average Bonchev–Trinajstić information content (AvgIpc) is 2.84. The van der Waals surface area contributed by atoms with E-state index in [4.69, 9.17) is 0 Å². The maximum atomic E-state index is 3.51. The van der Waals surface area contributed by atoms with Crippen molar-refractivity contribution in [2.45, 2.75) is 52.9 Å². The maximum Gasteiger partial charge on any atom is 0.000813 e. The van der Waals surface area contributed by atoms with Gasteiger partial charge in [0.1, 0.15) is 0 Å². The topological polar surface area (TPSA) is 12.0 Å². The van der Waals surface area contributed by atoms with E-state index >= 15 is 0 Å². The molecule has 0 heterocycles. The first-order valence-corrected chi connectivity index (χ1v) is 7.48. The van der Waals surface area contributed by atoms with Crippen LogP contribution in [-0.2, 0) is 19.3 Å². The summed E-state index contributed by atoms with van der Waals surface area (Å²) in [4.78, 5) is 0. The second kappa shape index (κ2) is 5.88. The Kier molecular flexibility index (Phi) is 4.45. The van der Waals surface area contributed by atoms with Gasteiger partial charge in [-0.2, -0.15) is 0 Å². The highest BCUT2D eigenvalue weighted by Gasteiger charge is 2.22. The largest absolute Gasteiger partial charge is 0.316 e. The van der Waals surface area contributed by atoms with Crippen LogP contribution in [-0.4, -0.2) is 13.1 Å². The normalized spacial score (nSPS) is 17.5. The lowest BCUT2D eigenvalue weighted by Crippen LogP contribution is -2.33. The van der Waals surface area contributed by atoms with Crippen molar-refractivity contribution < 1.29 is 0 Å². The highest BCUT2D eigenvalue weighted by molar-refractivity contribution is 5.35. The second-order valence-corrected chi connectivity index (χ2v) is 6.08. The van der Waals surface area contributed by atoms with Crippen LogP contribution in [0.4, 0.5) is 0 Å². The molecule has 2 rings (SSSR count). The van der Waals surface area contributed by atoms with Crippen molar-refractivity contribution in [1.82, 2.24) is 5.32 Å². The molecule has 1 atom stereocenters. The summed E-state index contributed by atoms with van der Waals surface area (Å²) in [7, 11) is 0. The molecule has 0 saturated carbocycles. The van der Waals surface area contributed by atoms with Gasteiger partial charge in [-0.3, -0.25) is 0 Å². The third kappa shape index (κ3) is 3.14. The molecular weight excluding hydrogens is 218 g/mol. The van der Waals surface area contributed by atoms with Crippen molar-refractivity contribution in [3.05, 3.63) is 34.9 Å². The van der Waals surface area contributed by atoms with Crippen LogP contribution in [0.5, 0.6) is 0 Å². The minimum Gasteiger partial charge on any atom is -0.316 e. The lowest BCUT2D eigenvalue weighted by atomic mass is 9.80. The third-order valence-electron chi connectivity index (χ3n) is 4.45. The molecule has 0 spiro atoms. The maximum absolute atomic E-state index is 3.51. The zero-order valence-corrected chi connectivity index (χ0v) is 12.2. The fraction of sp³-hybridized carbons (Fsp3) is 0.647. The van der Waals surface area contributed by atoms with Crippen molar-refractivity contribution in [3.63, 3.8) is 0 Å². The number of hydrogen-bond acceptors (Lipinski definition) is 1. The van der Waals surface area contributed by atoms with Crippen molar-refractivity contribution in [2.75, 3.05) is 13.1 Å². The molecule has 1 heteroatoms. The molecule has 0 saturated heterocycles. The van der Waals surface area contributed by atoms with E-state index in [-0.39, 0.29) is 0 Å². The molecule has 1 aliphatic rings. The summed E-state index contributed by atoms with van der Waals surface area (Å²) in [6, 6.07) is 7.17. The number of aryl methyl sites for hydroxylation is 2. The monoisotopic (exact) mass is 245 g/mol. The zero-order chi connectivity index (χ0) is 13.0. The van der Waals surface area contributed by atoms with Gasteiger partial charge in [-0.05, 0) is 60.8 Å². The fourth-order valence-electron chi connectivity index (χ4n) is 2.97. The molecule has 0 bridgehead atoms. The Labute approximate surface area is 112 Å². The second-order valence-electron chi connectivity index (χ2n) is 6.08. The van der Waals surface area contributed by atoms with Gasteiger partial charge in [-0.15, -0.1) is 0 Å². The molecule has 1 aliphatic carbocycles. The van der Waals surface area contributed by atoms with E-state index in [2.05, 4.69) is 44.3 Å². The summed E-state index contributed by atoms with van der Waals surface area (Å²) in [5.74, 6) is 0. The Morgan fingerprint density at radius 3 is 2.67 bits per heavy atom. The van der Waals surface area contributed by atoms with E-state index in [1.807, 2.05) is 0 Å². The smallest absolute Gasteiger partial charge is 0.000813 e. The molecule has 1 unspecified atom stereocenters. The van der Waals surface area contributed by atoms with Gasteiger partial charge in [0.25, 0.3) is 0 Å². The van der Waals surface area contributed by atoms with Crippen LogP contribution < -0.4 is 5.32 Å². The lowest BCUT2D eigenvalue weighted by Gasteiger charge is -2.29. The van der Waals surface area contributed by atoms with Crippen LogP contribution in [0.25, 0.3) is 0 Å². The molecule has 18 heavy (non-hydrogen) atoms. The zero-order valence-electron chi connectivity index (χ0n) is 12.2. The summed E-state index contributed by atoms with van der Waals surface area (Å²) in [6.45, 7) is 9.09. The molecule has 1 N–H and O–H groups in total. The van der Waals surface area contributed by atoms with Gasteiger partial charge in [0.05, 0.1) is 0 Å². The van der Waals surface area contributed by atoms with E-state index in [0.717, 1.165) is 13.1 Å². The highest BCUT2D eigenvalue weighted by atomic mass is 14.9. The fourth-order valence-corrected chi connectivity index (χ4v) is 2.97. The van der Waals surface area contributed by atoms with E-state index in [9.17, 15) is 0 Å². The van der Waals surface area contributed by atoms with Gasteiger partial charge in [-0.1, -0.05) is 39.0 Å². The van der Waals surface area contributed by atoms with Crippen LogP contribution >= 0.6 is 0 Å². The van der Waals surface area contributed by atoms with Crippen LogP contribution in [0.2, 0.25) is 0 Å². The van der Waals surface area contributed by atoms with Crippen LogP contribution in [0.1, 0.15) is 50.3 Å². The first-order chi connectivity index (χ1) is 8.67. The summed E-state index contributed by atoms with van der Waals surface area (Å²) < 4.78 is 0. The summed E-state index contributed by atoms with van der Waals surface area (Å²) in [5.41, 5.74) is 5.11. The summed E-state index contributed by atoms with van der Waals surface area (Å²) in [6.07, 6.45) is 6.36. The van der Waals surface area contributed by atoms with Crippen molar-refractivity contribution in [3.8, 4) is 0 Å². The van der Waals surface area contributed by atoms with Crippen molar-refractivity contribution >= 4 is 0 Å². The van der Waals surface area contributed by atoms with Gasteiger partial charge < -0.3 is 5.32 Å². The highest BCUT2D eigenvalue weighted by Crippen LogP contribution is 2.29. The quantitative estimate of drug-likeness (QED) is 0.805. The molecular formula is C17H27N. The molecule has 0 aromatic heterocycles. The first kappa shape index (κ1) is 13.6. The lowest BCUT2D eigenvalue weighted by molar-refractivity contribution is 0.293. The molecule has 1 aromatic carbocycles. The van der Waals surface area contributed by atoms with E-state index in [1.54, 1.807) is 11.1 Å². The minimum atomic E-state index is 0.392. The molecule has 1 nitrogen and oxygen atoms in total. The molecule has 0 fully saturated rings. The molecule has 100 valence electrons. The van der Waals surface area contributed by atoms with Gasteiger partial charge in [0.2, 0.25) is 0 Å². The Balaban J connectivity index is 2.07. The standard InChI is InChI=1S/C17H27N/c1-4-17(3,13-18-5-2)12-14-9-10-15-7-6-8-16(15)11-14/h9-11,18H,4-8,12-13H2,1-3H3. The Morgan fingerprint density at radius 2 is 1.94 bits per heavy atom. The third-order valence-corrected chi connectivity index (χ3v) is 4.45. The van der Waals surface area contributed by atoms with Crippen LogP contribution in [0.15, 0.2) is 18.2 Å². The van der Waals surface area contributed by atoms with Gasteiger partial charge in [0, 0.05) is 6.54 Å². The average molecular weight is 245 g/mol. The van der Waals surface area contributed by atoms with Gasteiger partial charge in [0.15, 0.2) is 0 Å². The molecule has 0 aliphatic heterocycles. The SMILES string of the molecule is CCNCC(C)(CC)Cc1ccc2c(c1)CCC2. The number of rotatable bonds is 6. The van der Waals surface area contributed by atoms with E-state index < -0.39 is 0 Å². The van der Waals surface area contributed by atoms with E-state index in [1.165, 1.54) is 37.7 Å².